The number of anilines is 1. The second-order valence-corrected chi connectivity index (χ2v) is 8.20. The molecule has 3 aromatic rings. The third-order valence-corrected chi connectivity index (χ3v) is 5.98. The molecule has 5 heteroatoms. The van der Waals surface area contributed by atoms with Gasteiger partial charge in [-0.25, -0.2) is 4.98 Å². The molecule has 4 nitrogen and oxygen atoms in total. The van der Waals surface area contributed by atoms with Crippen LogP contribution in [0.5, 0.6) is 0 Å². The number of aromatic nitrogens is 1. The van der Waals surface area contributed by atoms with E-state index in [0.717, 1.165) is 54.5 Å². The van der Waals surface area contributed by atoms with Crippen LogP contribution in [-0.2, 0) is 11.2 Å². The van der Waals surface area contributed by atoms with E-state index in [0.29, 0.717) is 6.42 Å². The number of pyridine rings is 1. The van der Waals surface area contributed by atoms with Crippen molar-refractivity contribution in [3.63, 3.8) is 0 Å². The zero-order chi connectivity index (χ0) is 20.4. The molecule has 0 radical (unpaired) electrons. The number of aryl methyl sites for hydroxylation is 3. The summed E-state index contributed by atoms with van der Waals surface area (Å²) in [5.74, 6) is 1.23. The lowest BCUT2D eigenvalue weighted by atomic mass is 10.1. The van der Waals surface area contributed by atoms with E-state index >= 15 is 0 Å². The maximum atomic E-state index is 12.6. The topological polar surface area (TPSA) is 36.4 Å². The van der Waals surface area contributed by atoms with Crippen LogP contribution in [0.4, 0.5) is 5.82 Å². The Balaban J connectivity index is 1.38. The molecule has 1 aliphatic rings. The SMILES string of the molecule is Cc1cc(N2CCN(C(=O)CCc3ccc(Cl)cc3)CC2)nc2c(C)cccc12. The number of nitrogens with zero attached hydrogens (tertiary/aromatic N) is 3. The van der Waals surface area contributed by atoms with Gasteiger partial charge in [0.1, 0.15) is 5.82 Å². The van der Waals surface area contributed by atoms with Gasteiger partial charge in [-0.1, -0.05) is 41.9 Å². The number of carbonyl (C=O) groups excluding carboxylic acids is 1. The fraction of sp³-hybridized carbons (Fsp3) is 0.333. The van der Waals surface area contributed by atoms with Gasteiger partial charge < -0.3 is 9.80 Å². The third kappa shape index (κ3) is 4.38. The van der Waals surface area contributed by atoms with Crippen LogP contribution in [0, 0.1) is 13.8 Å². The van der Waals surface area contributed by atoms with Crippen molar-refractivity contribution in [2.75, 3.05) is 31.1 Å². The van der Waals surface area contributed by atoms with Crippen molar-refractivity contribution in [2.45, 2.75) is 26.7 Å². The van der Waals surface area contributed by atoms with Gasteiger partial charge >= 0.3 is 0 Å². The zero-order valence-corrected chi connectivity index (χ0v) is 17.7. The fourth-order valence-corrected chi connectivity index (χ4v) is 4.08. The van der Waals surface area contributed by atoms with Crippen molar-refractivity contribution in [3.8, 4) is 0 Å². The second kappa shape index (κ2) is 8.42. The van der Waals surface area contributed by atoms with E-state index in [1.807, 2.05) is 29.2 Å². The van der Waals surface area contributed by atoms with Crippen molar-refractivity contribution in [3.05, 3.63) is 70.2 Å². The van der Waals surface area contributed by atoms with Gasteiger partial charge in [-0.3, -0.25) is 4.79 Å². The van der Waals surface area contributed by atoms with Gasteiger partial charge in [-0.2, -0.15) is 0 Å². The molecule has 0 bridgehead atoms. The Hall–Kier alpha value is -2.59. The van der Waals surface area contributed by atoms with Crippen molar-refractivity contribution in [1.29, 1.82) is 0 Å². The normalized spacial score (nSPS) is 14.4. The van der Waals surface area contributed by atoms with Crippen molar-refractivity contribution < 1.29 is 4.79 Å². The van der Waals surface area contributed by atoms with Gasteiger partial charge in [0.2, 0.25) is 5.91 Å². The minimum Gasteiger partial charge on any atom is -0.353 e. The molecule has 0 unspecified atom stereocenters. The van der Waals surface area contributed by atoms with Crippen LogP contribution in [0.25, 0.3) is 10.9 Å². The molecule has 150 valence electrons. The first-order chi connectivity index (χ1) is 14.0. The summed E-state index contributed by atoms with van der Waals surface area (Å²) in [6.07, 6.45) is 1.29. The summed E-state index contributed by atoms with van der Waals surface area (Å²) >= 11 is 5.93. The summed E-state index contributed by atoms with van der Waals surface area (Å²) < 4.78 is 0. The second-order valence-electron chi connectivity index (χ2n) is 7.76. The van der Waals surface area contributed by atoms with Crippen LogP contribution in [0.15, 0.2) is 48.5 Å². The number of fused-ring (bicyclic) bond motifs is 1. The van der Waals surface area contributed by atoms with Gasteiger partial charge in [0.05, 0.1) is 5.52 Å². The van der Waals surface area contributed by atoms with Crippen LogP contribution < -0.4 is 4.90 Å². The lowest BCUT2D eigenvalue weighted by Gasteiger charge is -2.35. The number of halogens is 1. The lowest BCUT2D eigenvalue weighted by molar-refractivity contribution is -0.131. The number of hydrogen-bond donors (Lipinski definition) is 0. The molecule has 29 heavy (non-hydrogen) atoms. The molecule has 1 saturated heterocycles. The van der Waals surface area contributed by atoms with E-state index in [1.54, 1.807) is 0 Å². The molecule has 1 aliphatic heterocycles. The maximum absolute atomic E-state index is 12.6. The van der Waals surface area contributed by atoms with Gasteiger partial charge in [-0.15, -0.1) is 0 Å². The van der Waals surface area contributed by atoms with Gasteiger partial charge in [0, 0.05) is 43.0 Å². The first kappa shape index (κ1) is 19.7. The molecule has 0 N–H and O–H groups in total. The Labute approximate surface area is 177 Å². The Morgan fingerprint density at radius 2 is 1.72 bits per heavy atom. The van der Waals surface area contributed by atoms with Crippen LogP contribution >= 0.6 is 11.6 Å². The molecule has 0 aliphatic carbocycles. The molecule has 0 spiro atoms. The predicted octanol–water partition coefficient (Wildman–Crippen LogP) is 4.79. The standard InChI is InChI=1S/C24H26ClN3O/c1-17-4-3-5-21-18(2)16-22(26-24(17)21)27-12-14-28(15-13-27)23(29)11-8-19-6-9-20(25)10-7-19/h3-7,9-10,16H,8,11-15H2,1-2H3. The van der Waals surface area contributed by atoms with Crippen LogP contribution in [0.1, 0.15) is 23.1 Å². The Morgan fingerprint density at radius 3 is 2.45 bits per heavy atom. The van der Waals surface area contributed by atoms with Crippen LogP contribution in [0.2, 0.25) is 5.02 Å². The number of rotatable bonds is 4. The van der Waals surface area contributed by atoms with Gasteiger partial charge in [0.25, 0.3) is 0 Å². The quantitative estimate of drug-likeness (QED) is 0.624. The summed E-state index contributed by atoms with van der Waals surface area (Å²) in [7, 11) is 0. The van der Waals surface area contributed by atoms with Crippen molar-refractivity contribution in [1.82, 2.24) is 9.88 Å². The third-order valence-electron chi connectivity index (χ3n) is 5.73. The van der Waals surface area contributed by atoms with Crippen LogP contribution in [0.3, 0.4) is 0 Å². The number of carbonyl (C=O) groups is 1. The number of para-hydroxylation sites is 1. The highest BCUT2D eigenvalue weighted by Gasteiger charge is 2.22. The lowest BCUT2D eigenvalue weighted by Crippen LogP contribution is -2.49. The average molecular weight is 408 g/mol. The van der Waals surface area contributed by atoms with E-state index in [9.17, 15) is 4.79 Å². The molecule has 2 aromatic carbocycles. The largest absolute Gasteiger partial charge is 0.353 e. The fourth-order valence-electron chi connectivity index (χ4n) is 3.95. The van der Waals surface area contributed by atoms with Crippen LogP contribution in [-0.4, -0.2) is 42.0 Å². The minimum atomic E-state index is 0.220. The highest BCUT2D eigenvalue weighted by atomic mass is 35.5. The maximum Gasteiger partial charge on any atom is 0.223 e. The molecule has 1 amide bonds. The van der Waals surface area contributed by atoms with Gasteiger partial charge in [-0.05, 0) is 55.2 Å². The minimum absolute atomic E-state index is 0.220. The van der Waals surface area contributed by atoms with Crippen molar-refractivity contribution >= 4 is 34.2 Å². The number of piperazine rings is 1. The summed E-state index contributed by atoms with van der Waals surface area (Å²) in [5.41, 5.74) is 4.66. The number of benzene rings is 2. The average Bonchev–Trinajstić information content (AvgIpc) is 2.74. The number of amides is 1. The smallest absolute Gasteiger partial charge is 0.223 e. The van der Waals surface area contributed by atoms with Gasteiger partial charge in [0.15, 0.2) is 0 Å². The molecule has 4 rings (SSSR count). The molecule has 0 saturated carbocycles. The molecule has 2 heterocycles. The van der Waals surface area contributed by atoms with E-state index in [2.05, 4.69) is 43.0 Å². The summed E-state index contributed by atoms with van der Waals surface area (Å²) in [6.45, 7) is 7.37. The van der Waals surface area contributed by atoms with E-state index < -0.39 is 0 Å². The first-order valence-corrected chi connectivity index (χ1v) is 10.5. The Morgan fingerprint density at radius 1 is 1.00 bits per heavy atom. The number of hydrogen-bond acceptors (Lipinski definition) is 3. The summed E-state index contributed by atoms with van der Waals surface area (Å²) in [5, 5.41) is 1.94. The molecule has 1 aromatic heterocycles. The molecular weight excluding hydrogens is 382 g/mol. The monoisotopic (exact) mass is 407 g/mol. The van der Waals surface area contributed by atoms with E-state index in [-0.39, 0.29) is 5.91 Å². The molecule has 0 atom stereocenters. The first-order valence-electron chi connectivity index (χ1n) is 10.2. The summed E-state index contributed by atoms with van der Waals surface area (Å²) in [6, 6.07) is 16.2. The highest BCUT2D eigenvalue weighted by Crippen LogP contribution is 2.25. The molecule has 1 fully saturated rings. The predicted molar refractivity (Wildman–Crippen MR) is 120 cm³/mol. The van der Waals surface area contributed by atoms with Crippen molar-refractivity contribution in [2.24, 2.45) is 0 Å². The molecular formula is C24H26ClN3O. The summed E-state index contributed by atoms with van der Waals surface area (Å²) in [4.78, 5) is 21.8. The van der Waals surface area contributed by atoms with E-state index in [4.69, 9.17) is 16.6 Å². The highest BCUT2D eigenvalue weighted by molar-refractivity contribution is 6.30. The van der Waals surface area contributed by atoms with E-state index in [1.165, 1.54) is 16.5 Å². The Bertz CT molecular complexity index is 1020. The Kier molecular flexibility index (Phi) is 5.72. The zero-order valence-electron chi connectivity index (χ0n) is 17.0.